The van der Waals surface area contributed by atoms with E-state index < -0.39 is 0 Å². The van der Waals surface area contributed by atoms with Crippen molar-refractivity contribution in [3.63, 3.8) is 0 Å². The molecule has 1 saturated heterocycles. The molecule has 1 aliphatic rings. The highest BCUT2D eigenvalue weighted by atomic mass is 16.2. The van der Waals surface area contributed by atoms with Crippen LogP contribution in [0.15, 0.2) is 48.7 Å². The Morgan fingerprint density at radius 2 is 2.00 bits per heavy atom. The van der Waals surface area contributed by atoms with Crippen LogP contribution in [0.3, 0.4) is 0 Å². The highest BCUT2D eigenvalue weighted by Gasteiger charge is 2.28. The molecule has 1 aliphatic heterocycles. The number of hydrogen-bond donors (Lipinski definition) is 1. The van der Waals surface area contributed by atoms with Gasteiger partial charge in [-0.05, 0) is 37.0 Å². The predicted octanol–water partition coefficient (Wildman–Crippen LogP) is 3.55. The highest BCUT2D eigenvalue weighted by molar-refractivity contribution is 5.83. The average molecular weight is 348 g/mol. The summed E-state index contributed by atoms with van der Waals surface area (Å²) in [4.78, 5) is 19.2. The molecule has 1 N–H and O–H groups in total. The van der Waals surface area contributed by atoms with E-state index in [1.807, 2.05) is 35.2 Å². The Labute approximate surface area is 154 Å². The van der Waals surface area contributed by atoms with Gasteiger partial charge in [0.25, 0.3) is 0 Å². The maximum atomic E-state index is 12.9. The predicted molar refractivity (Wildman–Crippen MR) is 102 cm³/mol. The molecule has 3 rings (SSSR count). The van der Waals surface area contributed by atoms with Crippen molar-refractivity contribution in [3.8, 4) is 6.07 Å². The van der Waals surface area contributed by atoms with Crippen LogP contribution >= 0.6 is 0 Å². The van der Waals surface area contributed by atoms with Crippen LogP contribution in [-0.2, 0) is 4.79 Å². The van der Waals surface area contributed by atoms with Crippen LogP contribution in [0.1, 0.15) is 43.2 Å². The molecule has 1 atom stereocenters. The van der Waals surface area contributed by atoms with Gasteiger partial charge in [0.2, 0.25) is 5.91 Å². The summed E-state index contributed by atoms with van der Waals surface area (Å²) in [5.41, 5.74) is 1.65. The highest BCUT2D eigenvalue weighted by Crippen LogP contribution is 2.25. The van der Waals surface area contributed by atoms with Crippen molar-refractivity contribution in [3.05, 3.63) is 59.8 Å². The second-order valence-corrected chi connectivity index (χ2v) is 6.63. The molecule has 26 heavy (non-hydrogen) atoms. The summed E-state index contributed by atoms with van der Waals surface area (Å²) in [6.07, 6.45) is 4.21. The smallest absolute Gasteiger partial charge is 0.230 e. The summed E-state index contributed by atoms with van der Waals surface area (Å²) in [6, 6.07) is 15.9. The van der Waals surface area contributed by atoms with Crippen LogP contribution in [-0.4, -0.2) is 34.9 Å². The van der Waals surface area contributed by atoms with Gasteiger partial charge in [-0.1, -0.05) is 37.3 Å². The molecule has 1 unspecified atom stereocenters. The minimum Gasteiger partial charge on any atom is -0.366 e. The number of anilines is 1. The number of aromatic nitrogens is 1. The van der Waals surface area contributed by atoms with Gasteiger partial charge >= 0.3 is 0 Å². The van der Waals surface area contributed by atoms with Gasteiger partial charge in [0.15, 0.2) is 0 Å². The number of likely N-dealkylation sites (tertiary alicyclic amines) is 1. The van der Waals surface area contributed by atoms with Gasteiger partial charge in [0.1, 0.15) is 11.9 Å². The quantitative estimate of drug-likeness (QED) is 0.897. The second kappa shape index (κ2) is 8.48. The van der Waals surface area contributed by atoms with E-state index in [9.17, 15) is 10.1 Å². The van der Waals surface area contributed by atoms with Gasteiger partial charge in [0.05, 0.1) is 11.5 Å². The molecule has 0 bridgehead atoms. The number of benzene rings is 1. The van der Waals surface area contributed by atoms with E-state index in [0.717, 1.165) is 37.9 Å². The van der Waals surface area contributed by atoms with Crippen LogP contribution in [0.2, 0.25) is 0 Å². The number of carbonyl (C=O) groups is 1. The van der Waals surface area contributed by atoms with Gasteiger partial charge in [-0.15, -0.1) is 0 Å². The molecule has 5 heteroatoms. The Balaban J connectivity index is 1.59. The maximum absolute atomic E-state index is 12.9. The normalized spacial score (nSPS) is 15.9. The third-order valence-corrected chi connectivity index (χ3v) is 4.98. The van der Waals surface area contributed by atoms with Crippen molar-refractivity contribution >= 4 is 11.7 Å². The summed E-state index contributed by atoms with van der Waals surface area (Å²) < 4.78 is 0. The molecular weight excluding hydrogens is 324 g/mol. The molecule has 1 aromatic carbocycles. The lowest BCUT2D eigenvalue weighted by atomic mass is 9.93. The Kier molecular flexibility index (Phi) is 5.85. The topological polar surface area (TPSA) is 69.0 Å². The van der Waals surface area contributed by atoms with Crippen molar-refractivity contribution in [1.82, 2.24) is 9.88 Å². The zero-order valence-corrected chi connectivity index (χ0v) is 15.1. The fraction of sp³-hybridized carbons (Fsp3) is 0.381. The fourth-order valence-corrected chi connectivity index (χ4v) is 3.51. The van der Waals surface area contributed by atoms with Crippen LogP contribution in [0.25, 0.3) is 0 Å². The van der Waals surface area contributed by atoms with Crippen molar-refractivity contribution in [2.24, 2.45) is 0 Å². The molecule has 0 aliphatic carbocycles. The van der Waals surface area contributed by atoms with E-state index in [0.29, 0.717) is 11.4 Å². The average Bonchev–Trinajstić information content (AvgIpc) is 2.70. The maximum Gasteiger partial charge on any atom is 0.230 e. The number of pyridine rings is 1. The first kappa shape index (κ1) is 17.9. The van der Waals surface area contributed by atoms with Crippen molar-refractivity contribution in [2.75, 3.05) is 18.4 Å². The van der Waals surface area contributed by atoms with E-state index in [2.05, 4.69) is 23.3 Å². The lowest BCUT2D eigenvalue weighted by molar-refractivity contribution is -0.133. The molecule has 1 amide bonds. The summed E-state index contributed by atoms with van der Waals surface area (Å²) in [6.45, 7) is 3.53. The molecule has 2 heterocycles. The summed E-state index contributed by atoms with van der Waals surface area (Å²) in [5.74, 6) is 0.782. The van der Waals surface area contributed by atoms with Crippen LogP contribution in [0, 0.1) is 11.3 Å². The van der Waals surface area contributed by atoms with E-state index in [1.165, 1.54) is 0 Å². The number of carbonyl (C=O) groups excluding carboxylic acids is 1. The third kappa shape index (κ3) is 4.02. The fourth-order valence-electron chi connectivity index (χ4n) is 3.51. The van der Waals surface area contributed by atoms with E-state index in [-0.39, 0.29) is 17.9 Å². The molecular formula is C21H24N4O. The first-order chi connectivity index (χ1) is 12.7. The zero-order chi connectivity index (χ0) is 18.4. The summed E-state index contributed by atoms with van der Waals surface area (Å²) in [7, 11) is 0. The minimum absolute atomic E-state index is 0.0679. The minimum atomic E-state index is -0.0679. The lowest BCUT2D eigenvalue weighted by Gasteiger charge is -2.34. The van der Waals surface area contributed by atoms with Crippen molar-refractivity contribution in [1.29, 1.82) is 5.26 Å². The summed E-state index contributed by atoms with van der Waals surface area (Å²) >= 11 is 0. The Bertz CT molecular complexity index is 776. The molecule has 2 aromatic rings. The van der Waals surface area contributed by atoms with E-state index in [4.69, 9.17) is 0 Å². The van der Waals surface area contributed by atoms with Crippen LogP contribution in [0.5, 0.6) is 0 Å². The number of amides is 1. The Morgan fingerprint density at radius 3 is 2.65 bits per heavy atom. The number of nitrogens with one attached hydrogen (secondary N) is 1. The van der Waals surface area contributed by atoms with Gasteiger partial charge in [-0.25, -0.2) is 4.98 Å². The lowest BCUT2D eigenvalue weighted by Crippen LogP contribution is -2.44. The van der Waals surface area contributed by atoms with Gasteiger partial charge in [-0.2, -0.15) is 5.26 Å². The zero-order valence-electron chi connectivity index (χ0n) is 15.1. The first-order valence-corrected chi connectivity index (χ1v) is 9.18. The number of piperidine rings is 1. The third-order valence-electron chi connectivity index (χ3n) is 4.98. The Morgan fingerprint density at radius 1 is 1.27 bits per heavy atom. The number of hydrogen-bond acceptors (Lipinski definition) is 4. The monoisotopic (exact) mass is 348 g/mol. The van der Waals surface area contributed by atoms with E-state index in [1.54, 1.807) is 18.3 Å². The number of nitrogens with zero attached hydrogens (tertiary/aromatic N) is 3. The largest absolute Gasteiger partial charge is 0.366 e. The Hall–Kier alpha value is -2.87. The first-order valence-electron chi connectivity index (χ1n) is 9.18. The molecule has 5 nitrogen and oxygen atoms in total. The van der Waals surface area contributed by atoms with Crippen molar-refractivity contribution < 1.29 is 4.79 Å². The number of nitriles is 1. The number of rotatable bonds is 5. The van der Waals surface area contributed by atoms with Crippen LogP contribution < -0.4 is 5.32 Å². The van der Waals surface area contributed by atoms with Crippen LogP contribution in [0.4, 0.5) is 5.82 Å². The standard InChI is InChI=1S/C21H24N4O/c1-2-19(16-7-4-3-5-8-16)21(26)25-13-10-18(11-14-25)24-20-17(15-22)9-6-12-23-20/h3-9,12,18-19H,2,10-11,13-14H2,1H3,(H,23,24). The second-order valence-electron chi connectivity index (χ2n) is 6.63. The molecule has 1 fully saturated rings. The van der Waals surface area contributed by atoms with Crippen molar-refractivity contribution in [2.45, 2.75) is 38.1 Å². The molecule has 1 aromatic heterocycles. The van der Waals surface area contributed by atoms with E-state index >= 15 is 0 Å². The molecule has 0 radical (unpaired) electrons. The SMILES string of the molecule is CCC(C(=O)N1CCC(Nc2ncccc2C#N)CC1)c1ccccc1. The summed E-state index contributed by atoms with van der Waals surface area (Å²) in [5, 5.41) is 12.5. The van der Waals surface area contributed by atoms with Gasteiger partial charge in [-0.3, -0.25) is 4.79 Å². The van der Waals surface area contributed by atoms with Gasteiger partial charge in [0, 0.05) is 25.3 Å². The van der Waals surface area contributed by atoms with Gasteiger partial charge < -0.3 is 10.2 Å². The molecule has 134 valence electrons. The molecule has 0 saturated carbocycles. The molecule has 0 spiro atoms.